The van der Waals surface area contributed by atoms with E-state index in [1.807, 2.05) is 45.0 Å². The van der Waals surface area contributed by atoms with E-state index in [0.717, 1.165) is 11.3 Å². The van der Waals surface area contributed by atoms with Gasteiger partial charge in [-0.2, -0.15) is 0 Å². The molecule has 1 rings (SSSR count). The minimum atomic E-state index is -0.139. The summed E-state index contributed by atoms with van der Waals surface area (Å²) in [5.74, 6) is 0.845. The molecule has 1 aromatic rings. The lowest BCUT2D eigenvalue weighted by Gasteiger charge is -2.21. The lowest BCUT2D eigenvalue weighted by atomic mass is 9.97. The number of amides is 2. The third-order valence-electron chi connectivity index (χ3n) is 2.88. The Morgan fingerprint density at radius 1 is 1.14 bits per heavy atom. The van der Waals surface area contributed by atoms with Gasteiger partial charge in [-0.25, -0.2) is 4.79 Å². The molecule has 0 aliphatic carbocycles. The molecule has 0 radical (unpaired) electrons. The normalized spacial score (nSPS) is 12.9. The van der Waals surface area contributed by atoms with Crippen molar-refractivity contribution in [2.24, 2.45) is 5.41 Å². The van der Waals surface area contributed by atoms with Gasteiger partial charge in [-0.3, -0.25) is 0 Å². The van der Waals surface area contributed by atoms with Gasteiger partial charge >= 0.3 is 6.03 Å². The van der Waals surface area contributed by atoms with Crippen LogP contribution in [0, 0.1) is 5.41 Å². The van der Waals surface area contributed by atoms with Gasteiger partial charge < -0.3 is 15.4 Å². The molecule has 1 unspecified atom stereocenters. The van der Waals surface area contributed by atoms with Gasteiger partial charge in [0.25, 0.3) is 0 Å². The van der Waals surface area contributed by atoms with Crippen LogP contribution in [-0.4, -0.2) is 18.7 Å². The first-order valence-corrected chi connectivity index (χ1v) is 7.48. The van der Waals surface area contributed by atoms with E-state index in [2.05, 4.69) is 31.4 Å². The van der Waals surface area contributed by atoms with Crippen molar-refractivity contribution < 1.29 is 9.53 Å². The molecule has 2 N–H and O–H groups in total. The van der Waals surface area contributed by atoms with Crippen LogP contribution in [0.3, 0.4) is 0 Å². The molecule has 21 heavy (non-hydrogen) atoms. The zero-order chi connectivity index (χ0) is 16.0. The van der Waals surface area contributed by atoms with Crippen molar-refractivity contribution >= 4 is 6.03 Å². The second-order valence-corrected chi connectivity index (χ2v) is 6.85. The number of hydrogen-bond donors (Lipinski definition) is 2. The monoisotopic (exact) mass is 292 g/mol. The maximum atomic E-state index is 11.8. The molecule has 1 atom stereocenters. The zero-order valence-corrected chi connectivity index (χ0v) is 14.0. The Kier molecular flexibility index (Phi) is 6.06. The van der Waals surface area contributed by atoms with E-state index < -0.39 is 0 Å². The topological polar surface area (TPSA) is 50.4 Å². The summed E-state index contributed by atoms with van der Waals surface area (Å²) in [5, 5.41) is 5.82. The highest BCUT2D eigenvalue weighted by atomic mass is 16.5. The number of hydrogen-bond acceptors (Lipinski definition) is 2. The number of rotatable bonds is 5. The summed E-state index contributed by atoms with van der Waals surface area (Å²) in [6.07, 6.45) is 0.162. The molecule has 0 heterocycles. The number of ether oxygens (including phenoxy) is 1. The lowest BCUT2D eigenvalue weighted by molar-refractivity contribution is 0.232. The Morgan fingerprint density at radius 3 is 2.19 bits per heavy atom. The zero-order valence-electron chi connectivity index (χ0n) is 14.0. The van der Waals surface area contributed by atoms with Gasteiger partial charge in [-0.05, 0) is 43.9 Å². The predicted octanol–water partition coefficient (Wildman–Crippen LogP) is 3.88. The molecule has 0 fully saturated rings. The van der Waals surface area contributed by atoms with E-state index in [-0.39, 0.29) is 23.6 Å². The SMILES string of the molecule is CC(C)Oc1ccc(C(C)NC(=O)NCC(C)(C)C)cc1. The summed E-state index contributed by atoms with van der Waals surface area (Å²) in [5.41, 5.74) is 1.13. The maximum absolute atomic E-state index is 11.8. The quantitative estimate of drug-likeness (QED) is 0.865. The van der Waals surface area contributed by atoms with Crippen molar-refractivity contribution in [3.8, 4) is 5.75 Å². The molecule has 4 nitrogen and oxygen atoms in total. The summed E-state index contributed by atoms with van der Waals surface area (Å²) in [4.78, 5) is 11.8. The molecular weight excluding hydrogens is 264 g/mol. The van der Waals surface area contributed by atoms with Crippen molar-refractivity contribution in [3.63, 3.8) is 0 Å². The fraction of sp³-hybridized carbons (Fsp3) is 0.588. The molecule has 0 aliphatic rings. The fourth-order valence-corrected chi connectivity index (χ4v) is 1.78. The van der Waals surface area contributed by atoms with Crippen LogP contribution in [-0.2, 0) is 0 Å². The molecule has 0 aliphatic heterocycles. The van der Waals surface area contributed by atoms with Gasteiger partial charge in [0.1, 0.15) is 5.75 Å². The predicted molar refractivity (Wildman–Crippen MR) is 86.6 cm³/mol. The third kappa shape index (κ3) is 7.02. The van der Waals surface area contributed by atoms with Crippen LogP contribution in [0.25, 0.3) is 0 Å². The van der Waals surface area contributed by atoms with Crippen molar-refractivity contribution in [2.45, 2.75) is 53.7 Å². The summed E-state index contributed by atoms with van der Waals surface area (Å²) in [6, 6.07) is 7.64. The third-order valence-corrected chi connectivity index (χ3v) is 2.88. The molecule has 4 heteroatoms. The highest BCUT2D eigenvalue weighted by Gasteiger charge is 2.14. The van der Waals surface area contributed by atoms with Crippen molar-refractivity contribution in [1.29, 1.82) is 0 Å². The Hall–Kier alpha value is -1.71. The average Bonchev–Trinajstić information content (AvgIpc) is 2.35. The van der Waals surface area contributed by atoms with Crippen LogP contribution in [0.2, 0.25) is 0 Å². The Labute approximate surface area is 128 Å². The molecule has 0 aromatic heterocycles. The number of carbonyl (C=O) groups excluding carboxylic acids is 1. The fourth-order valence-electron chi connectivity index (χ4n) is 1.78. The molecular formula is C17H28N2O2. The number of benzene rings is 1. The van der Waals surface area contributed by atoms with Crippen LogP contribution in [0.5, 0.6) is 5.75 Å². The van der Waals surface area contributed by atoms with Crippen LogP contribution in [0.1, 0.15) is 53.1 Å². The van der Waals surface area contributed by atoms with Crippen LogP contribution in [0.4, 0.5) is 4.79 Å². The van der Waals surface area contributed by atoms with E-state index in [1.54, 1.807) is 0 Å². The first kappa shape index (κ1) is 17.3. The number of carbonyl (C=O) groups is 1. The molecule has 0 saturated carbocycles. The van der Waals surface area contributed by atoms with Crippen LogP contribution in [0.15, 0.2) is 24.3 Å². The lowest BCUT2D eigenvalue weighted by Crippen LogP contribution is -2.40. The first-order valence-electron chi connectivity index (χ1n) is 7.48. The molecule has 1 aromatic carbocycles. The number of urea groups is 1. The summed E-state index contributed by atoms with van der Waals surface area (Å²) in [7, 11) is 0. The smallest absolute Gasteiger partial charge is 0.315 e. The minimum absolute atomic E-state index is 0.0435. The van der Waals surface area contributed by atoms with Crippen LogP contribution < -0.4 is 15.4 Å². The Morgan fingerprint density at radius 2 is 1.71 bits per heavy atom. The van der Waals surface area contributed by atoms with E-state index in [1.165, 1.54) is 0 Å². The average molecular weight is 292 g/mol. The van der Waals surface area contributed by atoms with Gasteiger partial charge in [0.2, 0.25) is 0 Å². The molecule has 0 bridgehead atoms. The molecule has 0 saturated heterocycles. The Bertz CT molecular complexity index is 447. The molecule has 0 spiro atoms. The van der Waals surface area contributed by atoms with E-state index in [0.29, 0.717) is 6.54 Å². The van der Waals surface area contributed by atoms with Crippen molar-refractivity contribution in [1.82, 2.24) is 10.6 Å². The van der Waals surface area contributed by atoms with E-state index in [4.69, 9.17) is 4.74 Å². The minimum Gasteiger partial charge on any atom is -0.491 e. The second-order valence-electron chi connectivity index (χ2n) is 6.85. The van der Waals surface area contributed by atoms with Gasteiger partial charge in [0, 0.05) is 6.54 Å². The van der Waals surface area contributed by atoms with Crippen molar-refractivity contribution in [2.75, 3.05) is 6.54 Å². The Balaban J connectivity index is 2.51. The number of nitrogens with one attached hydrogen (secondary N) is 2. The van der Waals surface area contributed by atoms with Crippen molar-refractivity contribution in [3.05, 3.63) is 29.8 Å². The maximum Gasteiger partial charge on any atom is 0.315 e. The standard InChI is InChI=1S/C17H28N2O2/c1-12(2)21-15-9-7-14(8-10-15)13(3)19-16(20)18-11-17(4,5)6/h7-10,12-13H,11H2,1-6H3,(H2,18,19,20). The summed E-state index contributed by atoms with van der Waals surface area (Å²) >= 11 is 0. The highest BCUT2D eigenvalue weighted by Crippen LogP contribution is 2.18. The molecule has 118 valence electrons. The summed E-state index contributed by atoms with van der Waals surface area (Å²) < 4.78 is 5.61. The van der Waals surface area contributed by atoms with E-state index in [9.17, 15) is 4.79 Å². The largest absolute Gasteiger partial charge is 0.491 e. The van der Waals surface area contributed by atoms with E-state index >= 15 is 0 Å². The van der Waals surface area contributed by atoms with Gasteiger partial charge in [-0.15, -0.1) is 0 Å². The van der Waals surface area contributed by atoms with Gasteiger partial charge in [0.05, 0.1) is 12.1 Å². The second kappa shape index (κ2) is 7.34. The molecule has 2 amide bonds. The first-order chi connectivity index (χ1) is 9.67. The van der Waals surface area contributed by atoms with Gasteiger partial charge in [-0.1, -0.05) is 32.9 Å². The van der Waals surface area contributed by atoms with Crippen LogP contribution >= 0.6 is 0 Å². The highest BCUT2D eigenvalue weighted by molar-refractivity contribution is 5.74. The van der Waals surface area contributed by atoms with Gasteiger partial charge in [0.15, 0.2) is 0 Å². The summed E-state index contributed by atoms with van der Waals surface area (Å²) in [6.45, 7) is 12.9.